The Kier molecular flexibility index (Phi) is 13.9. The first-order valence-corrected chi connectivity index (χ1v) is 16.6. The summed E-state index contributed by atoms with van der Waals surface area (Å²) in [6, 6.07) is 21.1. The summed E-state index contributed by atoms with van der Waals surface area (Å²) in [7, 11) is 3.49. The maximum Gasteiger partial charge on any atom is 0.130 e. The van der Waals surface area contributed by atoms with Gasteiger partial charge in [-0.2, -0.15) is 0 Å². The first-order valence-electron chi connectivity index (χ1n) is 16.6. The van der Waals surface area contributed by atoms with Gasteiger partial charge in [-0.3, -0.25) is 0 Å². The Morgan fingerprint density at radius 3 is 1.32 bits per heavy atom. The van der Waals surface area contributed by atoms with E-state index in [1.165, 1.54) is 11.1 Å². The first kappa shape index (κ1) is 33.4. The van der Waals surface area contributed by atoms with Crippen LogP contribution in [0.3, 0.4) is 0 Å². The fourth-order valence-corrected chi connectivity index (χ4v) is 5.62. The van der Waals surface area contributed by atoms with Crippen LogP contribution in [0, 0.1) is 0 Å². The molecule has 2 N–H and O–H groups in total. The molecule has 4 aromatic carbocycles. The summed E-state index contributed by atoms with van der Waals surface area (Å²) in [5, 5.41) is 11.7. The third-order valence-corrected chi connectivity index (χ3v) is 8.10. The van der Waals surface area contributed by atoms with Gasteiger partial charge in [0, 0.05) is 21.5 Å². The lowest BCUT2D eigenvalue weighted by Gasteiger charge is -2.17. The number of unbranched alkanes of at least 4 members (excludes halogenated alkanes) is 3. The number of hydrogen-bond donors (Lipinski definition) is 2. The Morgan fingerprint density at radius 1 is 0.523 bits per heavy atom. The summed E-state index contributed by atoms with van der Waals surface area (Å²) >= 11 is 0. The molecule has 0 aliphatic heterocycles. The number of benzene rings is 4. The smallest absolute Gasteiger partial charge is 0.130 e. The van der Waals surface area contributed by atoms with Gasteiger partial charge in [-0.15, -0.1) is 0 Å². The fraction of sp³-hybridized carbons (Fsp3) is 0.474. The lowest BCUT2D eigenvalue weighted by molar-refractivity contribution is 0.309. The fourth-order valence-electron chi connectivity index (χ4n) is 5.62. The highest BCUT2D eigenvalue weighted by Gasteiger charge is 2.15. The minimum atomic E-state index is 0.738. The van der Waals surface area contributed by atoms with Crippen molar-refractivity contribution in [3.8, 4) is 23.0 Å². The van der Waals surface area contributed by atoms with Crippen LogP contribution in [-0.4, -0.2) is 53.6 Å². The van der Waals surface area contributed by atoms with Crippen molar-refractivity contribution in [1.29, 1.82) is 0 Å². The summed E-state index contributed by atoms with van der Waals surface area (Å²) in [5.74, 6) is 3.82. The number of hydrogen-bond acceptors (Lipinski definition) is 6. The van der Waals surface area contributed by atoms with Crippen LogP contribution in [0.5, 0.6) is 23.0 Å². The van der Waals surface area contributed by atoms with E-state index in [1.807, 2.05) is 0 Å². The third kappa shape index (κ3) is 9.02. The van der Waals surface area contributed by atoms with Gasteiger partial charge < -0.3 is 29.6 Å². The molecule has 0 unspecified atom stereocenters. The molecule has 44 heavy (non-hydrogen) atoms. The van der Waals surface area contributed by atoms with E-state index in [0.29, 0.717) is 0 Å². The second-order valence-electron chi connectivity index (χ2n) is 11.3. The summed E-state index contributed by atoms with van der Waals surface area (Å²) < 4.78 is 24.1. The summed E-state index contributed by atoms with van der Waals surface area (Å²) in [5.41, 5.74) is 2.41. The molecule has 6 nitrogen and oxygen atoms in total. The molecular formula is C38H52N2O4. The maximum atomic E-state index is 6.31. The van der Waals surface area contributed by atoms with Gasteiger partial charge in [0.25, 0.3) is 0 Å². The van der Waals surface area contributed by atoms with Crippen molar-refractivity contribution in [1.82, 2.24) is 10.6 Å². The summed E-state index contributed by atoms with van der Waals surface area (Å²) in [4.78, 5) is 0. The van der Waals surface area contributed by atoms with Crippen LogP contribution in [0.2, 0.25) is 0 Å². The monoisotopic (exact) mass is 600 g/mol. The van der Waals surface area contributed by atoms with E-state index in [9.17, 15) is 0 Å². The second kappa shape index (κ2) is 18.4. The molecule has 0 aliphatic rings. The lowest BCUT2D eigenvalue weighted by atomic mass is 10.0. The van der Waals surface area contributed by atoms with Crippen LogP contribution >= 0.6 is 0 Å². The minimum absolute atomic E-state index is 0.738. The van der Waals surface area contributed by atoms with Crippen molar-refractivity contribution in [2.75, 3.05) is 53.6 Å². The topological polar surface area (TPSA) is 61.0 Å². The van der Waals surface area contributed by atoms with E-state index in [4.69, 9.17) is 18.9 Å². The zero-order chi connectivity index (χ0) is 31.0. The molecule has 0 fully saturated rings. The van der Waals surface area contributed by atoms with Gasteiger partial charge in [0.05, 0.1) is 27.4 Å². The van der Waals surface area contributed by atoms with Gasteiger partial charge in [0.2, 0.25) is 0 Å². The van der Waals surface area contributed by atoms with E-state index in [2.05, 4.69) is 85.1 Å². The number of rotatable bonds is 21. The highest BCUT2D eigenvalue weighted by Crippen LogP contribution is 2.38. The molecular weight excluding hydrogens is 548 g/mol. The maximum absolute atomic E-state index is 6.31. The molecule has 0 aromatic heterocycles. The Hall–Kier alpha value is -3.48. The van der Waals surface area contributed by atoms with Gasteiger partial charge in [-0.05, 0) is 88.0 Å². The normalized spacial score (nSPS) is 11.3. The van der Waals surface area contributed by atoms with E-state index in [-0.39, 0.29) is 0 Å². The van der Waals surface area contributed by atoms with Crippen LogP contribution in [0.25, 0.3) is 21.5 Å². The molecule has 0 aliphatic carbocycles. The van der Waals surface area contributed by atoms with Gasteiger partial charge in [0.15, 0.2) is 0 Å². The van der Waals surface area contributed by atoms with E-state index >= 15 is 0 Å². The van der Waals surface area contributed by atoms with Crippen LogP contribution in [0.1, 0.15) is 63.5 Å². The highest BCUT2D eigenvalue weighted by atomic mass is 16.5. The molecule has 0 saturated carbocycles. The molecule has 6 heteroatoms. The molecule has 0 spiro atoms. The van der Waals surface area contributed by atoms with Gasteiger partial charge >= 0.3 is 0 Å². The number of ether oxygens (including phenoxy) is 4. The van der Waals surface area contributed by atoms with Crippen molar-refractivity contribution in [2.45, 2.75) is 65.2 Å². The van der Waals surface area contributed by atoms with Crippen molar-refractivity contribution in [3.05, 3.63) is 71.8 Å². The molecule has 4 aromatic rings. The second-order valence-corrected chi connectivity index (χ2v) is 11.3. The van der Waals surface area contributed by atoms with Crippen molar-refractivity contribution < 1.29 is 18.9 Å². The highest BCUT2D eigenvalue weighted by molar-refractivity contribution is 5.95. The van der Waals surface area contributed by atoms with Gasteiger partial charge in [-0.1, -0.05) is 75.2 Å². The largest absolute Gasteiger partial charge is 0.496 e. The number of nitrogens with one attached hydrogen (secondary N) is 2. The average molecular weight is 601 g/mol. The standard InChI is InChI=1S/C38H52N2O4/c1-5-7-25-43-37-29(27-35(41-3)31-15-9-11-17-33(31)37)19-23-39-21-13-14-22-40-24-20-30-28-36(42-4)32-16-10-12-18-34(32)38(30)44-26-8-6-2/h9-12,15-18,27-28,39-40H,5-8,13-14,19-26H2,1-4H3. The van der Waals surface area contributed by atoms with Crippen LogP contribution in [0.4, 0.5) is 0 Å². The van der Waals surface area contributed by atoms with E-state index in [0.717, 1.165) is 135 Å². The predicted molar refractivity (Wildman–Crippen MR) is 184 cm³/mol. The Labute approximate surface area is 264 Å². The van der Waals surface area contributed by atoms with Gasteiger partial charge in [-0.25, -0.2) is 0 Å². The molecule has 0 saturated heterocycles. The molecule has 0 bridgehead atoms. The predicted octanol–water partition coefficient (Wildman–Crippen LogP) is 8.11. The van der Waals surface area contributed by atoms with Crippen molar-refractivity contribution >= 4 is 21.5 Å². The van der Waals surface area contributed by atoms with E-state index in [1.54, 1.807) is 14.2 Å². The van der Waals surface area contributed by atoms with Crippen LogP contribution in [0.15, 0.2) is 60.7 Å². The van der Waals surface area contributed by atoms with Crippen molar-refractivity contribution in [3.63, 3.8) is 0 Å². The van der Waals surface area contributed by atoms with Crippen LogP contribution in [-0.2, 0) is 12.8 Å². The van der Waals surface area contributed by atoms with Crippen molar-refractivity contribution in [2.24, 2.45) is 0 Å². The first-order chi connectivity index (χ1) is 21.7. The molecule has 0 heterocycles. The number of fused-ring (bicyclic) bond motifs is 2. The zero-order valence-corrected chi connectivity index (χ0v) is 27.3. The summed E-state index contributed by atoms with van der Waals surface area (Å²) in [6.45, 7) is 9.67. The SMILES string of the molecule is CCCCOc1c(CCNCCCCNCCc2cc(OC)c3ccccc3c2OCCCC)cc(OC)c2ccccc12. The molecule has 4 rings (SSSR count). The Bertz CT molecular complexity index is 1330. The third-order valence-electron chi connectivity index (χ3n) is 8.10. The van der Waals surface area contributed by atoms with E-state index < -0.39 is 0 Å². The zero-order valence-electron chi connectivity index (χ0n) is 27.3. The lowest BCUT2D eigenvalue weighted by Crippen LogP contribution is -2.22. The summed E-state index contributed by atoms with van der Waals surface area (Å²) in [6.07, 6.45) is 8.40. The van der Waals surface area contributed by atoms with Crippen LogP contribution < -0.4 is 29.6 Å². The molecule has 238 valence electrons. The number of methoxy groups -OCH3 is 2. The molecule has 0 amide bonds. The molecule has 0 radical (unpaired) electrons. The Morgan fingerprint density at radius 2 is 0.932 bits per heavy atom. The molecule has 0 atom stereocenters. The van der Waals surface area contributed by atoms with Gasteiger partial charge in [0.1, 0.15) is 23.0 Å². The average Bonchev–Trinajstić information content (AvgIpc) is 3.06. The Balaban J connectivity index is 1.22. The minimum Gasteiger partial charge on any atom is -0.496 e. The quantitative estimate of drug-likeness (QED) is 0.0943.